The monoisotopic (exact) mass is 295 g/mol. The molecule has 1 aromatic carbocycles. The third kappa shape index (κ3) is 4.60. The van der Waals surface area contributed by atoms with Crippen molar-refractivity contribution in [1.82, 2.24) is 4.90 Å². The van der Waals surface area contributed by atoms with Crippen molar-refractivity contribution >= 4 is 17.2 Å². The van der Waals surface area contributed by atoms with Crippen molar-refractivity contribution in [2.45, 2.75) is 6.42 Å². The Labute approximate surface area is 123 Å². The molecule has 0 fully saturated rings. The summed E-state index contributed by atoms with van der Waals surface area (Å²) >= 11 is 0. The average molecular weight is 295 g/mol. The van der Waals surface area contributed by atoms with Gasteiger partial charge in [-0.1, -0.05) is 5.16 Å². The van der Waals surface area contributed by atoms with Crippen molar-refractivity contribution in [2.75, 3.05) is 39.1 Å². The second kappa shape index (κ2) is 7.44. The molecular formula is C13H21N5O3. The van der Waals surface area contributed by atoms with Gasteiger partial charge in [0.2, 0.25) is 0 Å². The van der Waals surface area contributed by atoms with E-state index in [2.05, 4.69) is 10.1 Å². The number of nitro groups is 1. The summed E-state index contributed by atoms with van der Waals surface area (Å²) in [4.78, 5) is 14.3. The van der Waals surface area contributed by atoms with Crippen LogP contribution in [0.1, 0.15) is 12.0 Å². The molecule has 0 heterocycles. The lowest BCUT2D eigenvalue weighted by molar-refractivity contribution is -0.384. The van der Waals surface area contributed by atoms with Crippen LogP contribution < -0.4 is 10.6 Å². The van der Waals surface area contributed by atoms with Crippen LogP contribution in [0.3, 0.4) is 0 Å². The van der Waals surface area contributed by atoms with Crippen LogP contribution in [0.15, 0.2) is 23.4 Å². The lowest BCUT2D eigenvalue weighted by atomic mass is 10.1. The second-order valence-corrected chi connectivity index (χ2v) is 5.02. The highest BCUT2D eigenvalue weighted by atomic mass is 16.6. The highest BCUT2D eigenvalue weighted by Gasteiger charge is 2.16. The molecule has 0 saturated carbocycles. The standard InChI is InChI=1S/C13H21N5O3/c1-16(2)7-4-8-17(3)12-6-5-10(18(20)21)9-11(12)13(14)15-19/h5-6,9,19H,4,7-8H2,1-3H3,(H2,14,15). The summed E-state index contributed by atoms with van der Waals surface area (Å²) in [5.41, 5.74) is 6.56. The first kappa shape index (κ1) is 16.7. The Bertz CT molecular complexity index is 531. The normalized spacial score (nSPS) is 11.7. The van der Waals surface area contributed by atoms with Crippen LogP contribution in [0.4, 0.5) is 11.4 Å². The number of non-ortho nitro benzene ring substituents is 1. The van der Waals surface area contributed by atoms with E-state index in [1.54, 1.807) is 6.07 Å². The van der Waals surface area contributed by atoms with E-state index < -0.39 is 4.92 Å². The van der Waals surface area contributed by atoms with Crippen LogP contribution in [-0.2, 0) is 0 Å². The minimum absolute atomic E-state index is 0.0953. The molecule has 1 rings (SSSR count). The third-order valence-electron chi connectivity index (χ3n) is 3.08. The number of nitrogens with two attached hydrogens (primary N) is 1. The number of hydrogen-bond acceptors (Lipinski definition) is 6. The number of anilines is 1. The molecule has 0 aliphatic rings. The molecule has 0 unspecified atom stereocenters. The van der Waals surface area contributed by atoms with E-state index in [4.69, 9.17) is 10.9 Å². The Hall–Kier alpha value is -2.35. The van der Waals surface area contributed by atoms with E-state index in [9.17, 15) is 10.1 Å². The van der Waals surface area contributed by atoms with Gasteiger partial charge in [0.05, 0.1) is 10.5 Å². The zero-order chi connectivity index (χ0) is 16.0. The van der Waals surface area contributed by atoms with Gasteiger partial charge in [0.25, 0.3) is 5.69 Å². The first-order chi connectivity index (χ1) is 9.86. The van der Waals surface area contributed by atoms with Gasteiger partial charge in [-0.05, 0) is 33.1 Å². The smallest absolute Gasteiger partial charge is 0.270 e. The molecule has 21 heavy (non-hydrogen) atoms. The van der Waals surface area contributed by atoms with Gasteiger partial charge in [0.1, 0.15) is 0 Å². The molecule has 0 amide bonds. The number of nitrogens with zero attached hydrogens (tertiary/aromatic N) is 4. The van der Waals surface area contributed by atoms with Crippen molar-refractivity contribution in [3.63, 3.8) is 0 Å². The minimum atomic E-state index is -0.510. The van der Waals surface area contributed by atoms with Gasteiger partial charge < -0.3 is 20.7 Å². The highest BCUT2D eigenvalue weighted by Crippen LogP contribution is 2.24. The molecule has 0 spiro atoms. The predicted octanol–water partition coefficient (Wildman–Crippen LogP) is 1.08. The number of oxime groups is 1. The lowest BCUT2D eigenvalue weighted by Crippen LogP contribution is -2.26. The topological polar surface area (TPSA) is 108 Å². The van der Waals surface area contributed by atoms with Gasteiger partial charge >= 0.3 is 0 Å². The molecular weight excluding hydrogens is 274 g/mol. The zero-order valence-corrected chi connectivity index (χ0v) is 12.5. The van der Waals surface area contributed by atoms with Crippen LogP contribution in [0.25, 0.3) is 0 Å². The SMILES string of the molecule is CN(C)CCCN(C)c1ccc([N+](=O)[O-])cc1C(N)=NO. The van der Waals surface area contributed by atoms with Crippen LogP contribution >= 0.6 is 0 Å². The Morgan fingerprint density at radius 1 is 1.38 bits per heavy atom. The van der Waals surface area contributed by atoms with Gasteiger partial charge in [0, 0.05) is 31.4 Å². The quantitative estimate of drug-likeness (QED) is 0.256. The summed E-state index contributed by atoms with van der Waals surface area (Å²) in [5, 5.41) is 22.6. The third-order valence-corrected chi connectivity index (χ3v) is 3.08. The molecule has 116 valence electrons. The largest absolute Gasteiger partial charge is 0.409 e. The predicted molar refractivity (Wildman–Crippen MR) is 82.0 cm³/mol. The highest BCUT2D eigenvalue weighted by molar-refractivity contribution is 6.02. The van der Waals surface area contributed by atoms with Crippen molar-refractivity contribution < 1.29 is 10.1 Å². The van der Waals surface area contributed by atoms with Crippen LogP contribution in [0.5, 0.6) is 0 Å². The first-order valence-corrected chi connectivity index (χ1v) is 6.49. The Balaban J connectivity index is 3.02. The van der Waals surface area contributed by atoms with Gasteiger partial charge in [-0.3, -0.25) is 10.1 Å². The maximum atomic E-state index is 10.8. The Kier molecular flexibility index (Phi) is 5.92. The van der Waals surface area contributed by atoms with Crippen molar-refractivity contribution in [1.29, 1.82) is 0 Å². The molecule has 0 atom stereocenters. The molecule has 8 nitrogen and oxygen atoms in total. The molecule has 0 radical (unpaired) electrons. The number of nitro benzene ring substituents is 1. The average Bonchev–Trinajstić information content (AvgIpc) is 2.45. The number of amidine groups is 1. The molecule has 3 N–H and O–H groups in total. The molecule has 0 aliphatic carbocycles. The van der Waals surface area contributed by atoms with E-state index in [-0.39, 0.29) is 11.5 Å². The molecule has 0 bridgehead atoms. The minimum Gasteiger partial charge on any atom is -0.409 e. The lowest BCUT2D eigenvalue weighted by Gasteiger charge is -2.22. The molecule has 8 heteroatoms. The fourth-order valence-electron chi connectivity index (χ4n) is 1.97. The number of hydrogen-bond donors (Lipinski definition) is 2. The van der Waals surface area contributed by atoms with Gasteiger partial charge in [-0.2, -0.15) is 0 Å². The summed E-state index contributed by atoms with van der Waals surface area (Å²) in [6.45, 7) is 1.68. The van der Waals surface area contributed by atoms with E-state index in [0.717, 1.165) is 19.5 Å². The van der Waals surface area contributed by atoms with E-state index in [1.807, 2.05) is 26.0 Å². The first-order valence-electron chi connectivity index (χ1n) is 6.49. The Morgan fingerprint density at radius 2 is 2.05 bits per heavy atom. The second-order valence-electron chi connectivity index (χ2n) is 5.02. The van der Waals surface area contributed by atoms with Crippen LogP contribution in [0, 0.1) is 10.1 Å². The summed E-state index contributed by atoms with van der Waals surface area (Å²) < 4.78 is 0. The molecule has 0 aliphatic heterocycles. The molecule has 1 aromatic rings. The number of benzene rings is 1. The fourth-order valence-corrected chi connectivity index (χ4v) is 1.97. The zero-order valence-electron chi connectivity index (χ0n) is 12.5. The van der Waals surface area contributed by atoms with E-state index >= 15 is 0 Å². The maximum Gasteiger partial charge on any atom is 0.270 e. The van der Waals surface area contributed by atoms with E-state index in [1.165, 1.54) is 12.1 Å². The summed E-state index contributed by atoms with van der Waals surface area (Å²) in [6.07, 6.45) is 0.927. The molecule has 0 saturated heterocycles. The number of rotatable bonds is 7. The van der Waals surface area contributed by atoms with E-state index in [0.29, 0.717) is 11.3 Å². The van der Waals surface area contributed by atoms with Crippen LogP contribution in [-0.4, -0.2) is 55.1 Å². The summed E-state index contributed by atoms with van der Waals surface area (Å²) in [5.74, 6) is -0.145. The van der Waals surface area contributed by atoms with Gasteiger partial charge in [-0.15, -0.1) is 0 Å². The van der Waals surface area contributed by atoms with Crippen LogP contribution in [0.2, 0.25) is 0 Å². The van der Waals surface area contributed by atoms with Gasteiger partial charge in [0.15, 0.2) is 5.84 Å². The summed E-state index contributed by atoms with van der Waals surface area (Å²) in [7, 11) is 5.85. The van der Waals surface area contributed by atoms with Crippen molar-refractivity contribution in [3.8, 4) is 0 Å². The van der Waals surface area contributed by atoms with Crippen molar-refractivity contribution in [3.05, 3.63) is 33.9 Å². The maximum absolute atomic E-state index is 10.8. The molecule has 0 aromatic heterocycles. The van der Waals surface area contributed by atoms with Crippen molar-refractivity contribution in [2.24, 2.45) is 10.9 Å². The summed E-state index contributed by atoms with van der Waals surface area (Å²) in [6, 6.07) is 4.33. The Morgan fingerprint density at radius 3 is 2.57 bits per heavy atom. The van der Waals surface area contributed by atoms with Gasteiger partial charge in [-0.25, -0.2) is 0 Å². The fraction of sp³-hybridized carbons (Fsp3) is 0.462.